The standard InChI is InChI=1S/C26H34N2/c1-5-8-21-13-15-22(16-14-21)26-24(17-28-19(3)10-7-11-20(28)4)23-12-6-9-18(2)25(23)27-26/h6,9,12-16,19-20,27H,5,7-8,10-11,17H2,1-4H3/p+1/t19-,20-/m0/s1. The molecule has 2 aromatic carbocycles. The average Bonchev–Trinajstić information content (AvgIpc) is 3.06. The number of aromatic nitrogens is 1. The van der Waals surface area contributed by atoms with E-state index in [1.54, 1.807) is 4.90 Å². The maximum atomic E-state index is 3.81. The van der Waals surface area contributed by atoms with Crippen LogP contribution in [0.5, 0.6) is 0 Å². The molecule has 0 spiro atoms. The summed E-state index contributed by atoms with van der Waals surface area (Å²) in [5, 5.41) is 1.41. The molecular formula is C26H35N2+. The molecule has 4 rings (SSSR count). The van der Waals surface area contributed by atoms with Crippen LogP contribution in [0, 0.1) is 6.92 Å². The summed E-state index contributed by atoms with van der Waals surface area (Å²) in [5.41, 5.74) is 8.22. The largest absolute Gasteiger partial charge is 0.354 e. The summed E-state index contributed by atoms with van der Waals surface area (Å²) in [7, 11) is 0. The Morgan fingerprint density at radius 1 is 1.00 bits per heavy atom. The molecule has 0 aliphatic carbocycles. The van der Waals surface area contributed by atoms with E-state index in [0.717, 1.165) is 25.0 Å². The quantitative estimate of drug-likeness (QED) is 0.592. The van der Waals surface area contributed by atoms with Crippen molar-refractivity contribution < 1.29 is 4.90 Å². The van der Waals surface area contributed by atoms with Crippen molar-refractivity contribution in [2.75, 3.05) is 0 Å². The lowest BCUT2D eigenvalue weighted by Gasteiger charge is -2.36. The van der Waals surface area contributed by atoms with Gasteiger partial charge in [-0.25, -0.2) is 0 Å². The van der Waals surface area contributed by atoms with Crippen LogP contribution in [0.2, 0.25) is 0 Å². The summed E-state index contributed by atoms with van der Waals surface area (Å²) in [6.07, 6.45) is 6.44. The molecule has 1 aliphatic heterocycles. The Bertz CT molecular complexity index is 925. The molecule has 0 unspecified atom stereocenters. The molecule has 0 saturated carbocycles. The normalized spacial score (nSPS) is 20.7. The fourth-order valence-corrected chi connectivity index (χ4v) is 5.12. The Morgan fingerprint density at radius 2 is 1.71 bits per heavy atom. The van der Waals surface area contributed by atoms with E-state index in [0.29, 0.717) is 0 Å². The van der Waals surface area contributed by atoms with E-state index < -0.39 is 0 Å². The minimum absolute atomic E-state index is 0.735. The van der Waals surface area contributed by atoms with E-state index in [-0.39, 0.29) is 0 Å². The van der Waals surface area contributed by atoms with Crippen molar-refractivity contribution in [3.8, 4) is 11.3 Å². The summed E-state index contributed by atoms with van der Waals surface area (Å²) >= 11 is 0. The fraction of sp³-hybridized carbons (Fsp3) is 0.462. The summed E-state index contributed by atoms with van der Waals surface area (Å²) in [6, 6.07) is 17.4. The molecular weight excluding hydrogens is 340 g/mol. The van der Waals surface area contributed by atoms with Gasteiger partial charge in [0.05, 0.1) is 17.8 Å². The van der Waals surface area contributed by atoms with Gasteiger partial charge in [0, 0.05) is 16.5 Å². The number of para-hydroxylation sites is 1. The Kier molecular flexibility index (Phi) is 5.59. The second-order valence-electron chi connectivity index (χ2n) is 8.91. The fourth-order valence-electron chi connectivity index (χ4n) is 5.12. The maximum Gasteiger partial charge on any atom is 0.106 e. The number of piperidine rings is 1. The van der Waals surface area contributed by atoms with Crippen LogP contribution in [-0.4, -0.2) is 17.1 Å². The highest BCUT2D eigenvalue weighted by atomic mass is 15.2. The summed E-state index contributed by atoms with van der Waals surface area (Å²) in [6.45, 7) is 10.4. The first-order valence-electron chi connectivity index (χ1n) is 11.1. The van der Waals surface area contributed by atoms with E-state index >= 15 is 0 Å². The molecule has 2 N–H and O–H groups in total. The second kappa shape index (κ2) is 8.13. The smallest absolute Gasteiger partial charge is 0.106 e. The van der Waals surface area contributed by atoms with Gasteiger partial charge < -0.3 is 9.88 Å². The van der Waals surface area contributed by atoms with Crippen LogP contribution in [0.25, 0.3) is 22.2 Å². The highest BCUT2D eigenvalue weighted by Crippen LogP contribution is 2.32. The Morgan fingerprint density at radius 3 is 2.39 bits per heavy atom. The first-order chi connectivity index (χ1) is 13.6. The van der Waals surface area contributed by atoms with Gasteiger partial charge in [-0.15, -0.1) is 0 Å². The molecule has 0 amide bonds. The Labute approximate surface area is 170 Å². The van der Waals surface area contributed by atoms with Gasteiger partial charge in [0.25, 0.3) is 0 Å². The van der Waals surface area contributed by atoms with Crippen molar-refractivity contribution >= 4 is 10.9 Å². The van der Waals surface area contributed by atoms with Crippen molar-refractivity contribution in [2.24, 2.45) is 0 Å². The van der Waals surface area contributed by atoms with E-state index in [1.165, 1.54) is 64.5 Å². The van der Waals surface area contributed by atoms with Crippen LogP contribution < -0.4 is 4.90 Å². The lowest BCUT2D eigenvalue weighted by atomic mass is 9.95. The van der Waals surface area contributed by atoms with Crippen LogP contribution >= 0.6 is 0 Å². The van der Waals surface area contributed by atoms with Crippen molar-refractivity contribution in [1.82, 2.24) is 4.98 Å². The summed E-state index contributed by atoms with van der Waals surface area (Å²) in [5.74, 6) is 0. The number of H-pyrrole nitrogens is 1. The molecule has 1 saturated heterocycles. The molecule has 2 atom stereocenters. The molecule has 1 aliphatic rings. The molecule has 1 aromatic heterocycles. The van der Waals surface area contributed by atoms with Crippen LogP contribution in [0.1, 0.15) is 63.1 Å². The van der Waals surface area contributed by atoms with Crippen molar-refractivity contribution in [3.63, 3.8) is 0 Å². The minimum Gasteiger partial charge on any atom is -0.354 e. The lowest BCUT2D eigenvalue weighted by Crippen LogP contribution is -3.18. The van der Waals surface area contributed by atoms with E-state index in [4.69, 9.17) is 0 Å². The molecule has 28 heavy (non-hydrogen) atoms. The third kappa shape index (κ3) is 3.63. The molecule has 2 heteroatoms. The minimum atomic E-state index is 0.735. The molecule has 1 fully saturated rings. The number of likely N-dealkylation sites (tertiary alicyclic amines) is 1. The third-order valence-electron chi connectivity index (χ3n) is 6.85. The Hall–Kier alpha value is -2.06. The van der Waals surface area contributed by atoms with Crippen molar-refractivity contribution in [2.45, 2.75) is 78.4 Å². The van der Waals surface area contributed by atoms with Gasteiger partial charge >= 0.3 is 0 Å². The van der Waals surface area contributed by atoms with Gasteiger partial charge in [0.2, 0.25) is 0 Å². The van der Waals surface area contributed by atoms with Gasteiger partial charge in [-0.2, -0.15) is 0 Å². The lowest BCUT2D eigenvalue weighted by molar-refractivity contribution is -0.964. The predicted octanol–water partition coefficient (Wildman–Crippen LogP) is 5.44. The zero-order valence-corrected chi connectivity index (χ0v) is 17.9. The number of aryl methyl sites for hydroxylation is 2. The number of benzene rings is 2. The van der Waals surface area contributed by atoms with Crippen LogP contribution in [0.4, 0.5) is 0 Å². The first kappa shape index (κ1) is 19.3. The van der Waals surface area contributed by atoms with Crippen molar-refractivity contribution in [3.05, 3.63) is 59.2 Å². The number of hydrogen-bond donors (Lipinski definition) is 2. The van der Waals surface area contributed by atoms with E-state index in [2.05, 4.69) is 75.1 Å². The Balaban J connectivity index is 1.79. The number of hydrogen-bond acceptors (Lipinski definition) is 0. The predicted molar refractivity (Wildman–Crippen MR) is 120 cm³/mol. The van der Waals surface area contributed by atoms with Crippen LogP contribution in [0.3, 0.4) is 0 Å². The van der Waals surface area contributed by atoms with Crippen LogP contribution in [0.15, 0.2) is 42.5 Å². The third-order valence-corrected chi connectivity index (χ3v) is 6.85. The SMILES string of the molecule is CCCc1ccc(-c2[nH]c3c(C)cccc3c2C[NH+]2[C@@H](C)CCC[C@@H]2C)cc1. The molecule has 148 valence electrons. The number of nitrogens with one attached hydrogen (secondary N) is 2. The molecule has 0 bridgehead atoms. The van der Waals surface area contributed by atoms with Gasteiger partial charge in [-0.05, 0) is 63.1 Å². The molecule has 2 nitrogen and oxygen atoms in total. The number of aromatic amines is 1. The molecule has 3 aromatic rings. The number of fused-ring (bicyclic) bond motifs is 1. The molecule has 0 radical (unpaired) electrons. The monoisotopic (exact) mass is 375 g/mol. The van der Waals surface area contributed by atoms with Gasteiger partial charge in [-0.1, -0.05) is 55.8 Å². The van der Waals surface area contributed by atoms with Gasteiger partial charge in [0.15, 0.2) is 0 Å². The average molecular weight is 376 g/mol. The summed E-state index contributed by atoms with van der Waals surface area (Å²) in [4.78, 5) is 5.55. The van der Waals surface area contributed by atoms with Gasteiger partial charge in [0.1, 0.15) is 6.54 Å². The van der Waals surface area contributed by atoms with Crippen molar-refractivity contribution in [1.29, 1.82) is 0 Å². The number of quaternary nitrogens is 1. The number of rotatable bonds is 5. The topological polar surface area (TPSA) is 20.2 Å². The zero-order chi connectivity index (χ0) is 19.7. The van der Waals surface area contributed by atoms with E-state index in [9.17, 15) is 0 Å². The van der Waals surface area contributed by atoms with E-state index in [1.807, 2.05) is 0 Å². The highest BCUT2D eigenvalue weighted by Gasteiger charge is 2.30. The highest BCUT2D eigenvalue weighted by molar-refractivity contribution is 5.92. The first-order valence-corrected chi connectivity index (χ1v) is 11.1. The molecule has 2 heterocycles. The maximum absolute atomic E-state index is 3.81. The van der Waals surface area contributed by atoms with Crippen LogP contribution in [-0.2, 0) is 13.0 Å². The summed E-state index contributed by atoms with van der Waals surface area (Å²) < 4.78 is 0. The zero-order valence-electron chi connectivity index (χ0n) is 17.9. The second-order valence-corrected chi connectivity index (χ2v) is 8.91. The van der Waals surface area contributed by atoms with Gasteiger partial charge in [-0.3, -0.25) is 0 Å².